The molecule has 0 aliphatic carbocycles. The summed E-state index contributed by atoms with van der Waals surface area (Å²) in [5.74, 6) is -1.19. The maximum atomic E-state index is 12.4. The first-order valence-electron chi connectivity index (χ1n) is 6.96. The summed E-state index contributed by atoms with van der Waals surface area (Å²) in [6.07, 6.45) is 0. The summed E-state index contributed by atoms with van der Waals surface area (Å²) < 4.78 is 9.82. The number of rotatable bonds is 2. The molecule has 2 aromatic rings. The molecule has 3 rings (SSSR count). The zero-order valence-corrected chi connectivity index (χ0v) is 12.8. The van der Waals surface area contributed by atoms with Gasteiger partial charge in [-0.15, -0.1) is 0 Å². The number of ether oxygens (including phenoxy) is 2. The molecular formula is C17H17NO4. The van der Waals surface area contributed by atoms with E-state index in [9.17, 15) is 9.59 Å². The van der Waals surface area contributed by atoms with E-state index in [4.69, 9.17) is 9.47 Å². The summed E-state index contributed by atoms with van der Waals surface area (Å²) in [6.45, 7) is 0.204. The maximum absolute atomic E-state index is 12.4. The van der Waals surface area contributed by atoms with Gasteiger partial charge in [0.05, 0.1) is 14.2 Å². The van der Waals surface area contributed by atoms with Crippen LogP contribution in [0, 0.1) is 0 Å². The third-order valence-electron chi connectivity index (χ3n) is 4.28. The number of hydrogen-bond acceptors (Lipinski definition) is 5. The highest BCUT2D eigenvalue weighted by Crippen LogP contribution is 2.45. The lowest BCUT2D eigenvalue weighted by molar-refractivity contribution is -0.161. The average molecular weight is 299 g/mol. The van der Waals surface area contributed by atoms with E-state index in [2.05, 4.69) is 0 Å². The number of methoxy groups -OCH3 is 2. The molecule has 0 spiro atoms. The molecule has 114 valence electrons. The smallest absolute Gasteiger partial charge is 0.329 e. The van der Waals surface area contributed by atoms with Crippen LogP contribution in [-0.2, 0) is 24.5 Å². The number of likely N-dealkylation sites (N-methyl/N-ethyl adjacent to an activating group) is 1. The van der Waals surface area contributed by atoms with Crippen LogP contribution in [0.3, 0.4) is 0 Å². The van der Waals surface area contributed by atoms with Crippen LogP contribution in [0.15, 0.2) is 36.4 Å². The molecule has 0 bridgehead atoms. The molecule has 0 unspecified atom stereocenters. The molecule has 0 atom stereocenters. The van der Waals surface area contributed by atoms with E-state index in [0.717, 1.165) is 16.5 Å². The topological polar surface area (TPSA) is 55.8 Å². The van der Waals surface area contributed by atoms with Gasteiger partial charge in [0.2, 0.25) is 5.41 Å². The van der Waals surface area contributed by atoms with Gasteiger partial charge in [0, 0.05) is 30.2 Å². The molecule has 0 radical (unpaired) electrons. The third kappa shape index (κ3) is 1.71. The fourth-order valence-corrected chi connectivity index (χ4v) is 3.31. The number of anilines is 1. The Bertz CT molecular complexity index is 752. The van der Waals surface area contributed by atoms with Crippen LogP contribution >= 0.6 is 0 Å². The molecule has 0 aromatic heterocycles. The Morgan fingerprint density at radius 3 is 2.32 bits per heavy atom. The van der Waals surface area contributed by atoms with Gasteiger partial charge in [0.25, 0.3) is 0 Å². The SMILES string of the molecule is COC(=O)C1(C(=O)OC)CN(C)c2c1ccc1ccccc21. The van der Waals surface area contributed by atoms with Gasteiger partial charge in [-0.2, -0.15) is 0 Å². The highest BCUT2D eigenvalue weighted by molar-refractivity contribution is 6.13. The number of carbonyl (C=O) groups excluding carboxylic acids is 2. The van der Waals surface area contributed by atoms with Crippen molar-refractivity contribution in [2.45, 2.75) is 5.41 Å². The molecule has 22 heavy (non-hydrogen) atoms. The maximum Gasteiger partial charge on any atom is 0.329 e. The van der Waals surface area contributed by atoms with E-state index in [0.29, 0.717) is 5.56 Å². The molecule has 0 saturated carbocycles. The zero-order chi connectivity index (χ0) is 15.9. The average Bonchev–Trinajstić information content (AvgIpc) is 2.87. The van der Waals surface area contributed by atoms with E-state index in [1.165, 1.54) is 14.2 Å². The lowest BCUT2D eigenvalue weighted by atomic mass is 9.81. The van der Waals surface area contributed by atoms with E-state index >= 15 is 0 Å². The van der Waals surface area contributed by atoms with Crippen LogP contribution in [0.5, 0.6) is 0 Å². The Morgan fingerprint density at radius 2 is 1.68 bits per heavy atom. The van der Waals surface area contributed by atoms with E-state index in [1.54, 1.807) is 0 Å². The quantitative estimate of drug-likeness (QED) is 0.626. The molecule has 0 saturated heterocycles. The first-order valence-corrected chi connectivity index (χ1v) is 6.96. The summed E-state index contributed by atoms with van der Waals surface area (Å²) in [7, 11) is 4.43. The molecule has 1 aliphatic heterocycles. The molecule has 0 fully saturated rings. The second kappa shape index (κ2) is 5.02. The second-order valence-corrected chi connectivity index (χ2v) is 5.43. The number of benzene rings is 2. The van der Waals surface area contributed by atoms with Crippen molar-refractivity contribution in [2.24, 2.45) is 0 Å². The predicted molar refractivity (Wildman–Crippen MR) is 82.9 cm³/mol. The van der Waals surface area contributed by atoms with Crippen LogP contribution in [0.25, 0.3) is 10.8 Å². The van der Waals surface area contributed by atoms with Crippen molar-refractivity contribution in [3.8, 4) is 0 Å². The number of esters is 2. The lowest BCUT2D eigenvalue weighted by Crippen LogP contribution is -2.48. The minimum absolute atomic E-state index is 0.204. The monoisotopic (exact) mass is 299 g/mol. The van der Waals surface area contributed by atoms with E-state index in [-0.39, 0.29) is 6.54 Å². The van der Waals surface area contributed by atoms with Gasteiger partial charge in [0.1, 0.15) is 0 Å². The second-order valence-electron chi connectivity index (χ2n) is 5.43. The zero-order valence-electron chi connectivity index (χ0n) is 12.8. The molecule has 5 nitrogen and oxygen atoms in total. The van der Waals surface area contributed by atoms with Crippen molar-refractivity contribution in [1.29, 1.82) is 0 Å². The minimum Gasteiger partial charge on any atom is -0.468 e. The van der Waals surface area contributed by atoms with Gasteiger partial charge in [-0.3, -0.25) is 9.59 Å². The molecule has 2 aromatic carbocycles. The van der Waals surface area contributed by atoms with Gasteiger partial charge in [-0.1, -0.05) is 36.4 Å². The van der Waals surface area contributed by atoms with Crippen LogP contribution in [-0.4, -0.2) is 39.8 Å². The molecule has 1 aliphatic rings. The van der Waals surface area contributed by atoms with Gasteiger partial charge in [-0.25, -0.2) is 0 Å². The van der Waals surface area contributed by atoms with Crippen LogP contribution in [0.2, 0.25) is 0 Å². The number of carbonyl (C=O) groups is 2. The van der Waals surface area contributed by atoms with Crippen molar-refractivity contribution >= 4 is 28.4 Å². The minimum atomic E-state index is -1.43. The number of nitrogens with zero attached hydrogens (tertiary/aromatic N) is 1. The van der Waals surface area contributed by atoms with Crippen LogP contribution in [0.1, 0.15) is 5.56 Å². The van der Waals surface area contributed by atoms with E-state index < -0.39 is 17.4 Å². The highest BCUT2D eigenvalue weighted by atomic mass is 16.5. The fraction of sp³-hybridized carbons (Fsp3) is 0.294. The lowest BCUT2D eigenvalue weighted by Gasteiger charge is -2.23. The summed E-state index contributed by atoms with van der Waals surface area (Å²) in [5.41, 5.74) is 0.0683. The Kier molecular flexibility index (Phi) is 3.28. The molecule has 5 heteroatoms. The van der Waals surface area contributed by atoms with E-state index in [1.807, 2.05) is 48.3 Å². The Labute approximate surface area is 128 Å². The molecular weight excluding hydrogens is 282 g/mol. The highest BCUT2D eigenvalue weighted by Gasteiger charge is 2.56. The normalized spacial score (nSPS) is 15.5. The van der Waals surface area contributed by atoms with Crippen LogP contribution < -0.4 is 4.90 Å². The molecule has 0 amide bonds. The number of fused-ring (bicyclic) bond motifs is 3. The van der Waals surface area contributed by atoms with Crippen molar-refractivity contribution in [3.63, 3.8) is 0 Å². The summed E-state index contributed by atoms with van der Waals surface area (Å²) in [6, 6.07) is 11.6. The summed E-state index contributed by atoms with van der Waals surface area (Å²) >= 11 is 0. The largest absolute Gasteiger partial charge is 0.468 e. The number of hydrogen-bond donors (Lipinski definition) is 0. The summed E-state index contributed by atoms with van der Waals surface area (Å²) in [5, 5.41) is 2.05. The van der Waals surface area contributed by atoms with Gasteiger partial charge >= 0.3 is 11.9 Å². The Morgan fingerprint density at radius 1 is 1.05 bits per heavy atom. The van der Waals surface area contributed by atoms with Crippen molar-refractivity contribution in [2.75, 3.05) is 32.7 Å². The van der Waals surface area contributed by atoms with Crippen molar-refractivity contribution in [1.82, 2.24) is 0 Å². The molecule has 0 N–H and O–H groups in total. The standard InChI is InChI=1S/C17H17NO4/c1-18-10-17(15(19)21-2,16(20)22-3)13-9-8-11-6-4-5-7-12(11)14(13)18/h4-9H,10H2,1-3H3. The molecule has 1 heterocycles. The third-order valence-corrected chi connectivity index (χ3v) is 4.28. The fourth-order valence-electron chi connectivity index (χ4n) is 3.31. The first-order chi connectivity index (χ1) is 10.6. The Hall–Kier alpha value is -2.56. The van der Waals surface area contributed by atoms with Gasteiger partial charge < -0.3 is 14.4 Å². The Balaban J connectivity index is 2.34. The van der Waals surface area contributed by atoms with Gasteiger partial charge in [-0.05, 0) is 5.39 Å². The van der Waals surface area contributed by atoms with Crippen molar-refractivity contribution < 1.29 is 19.1 Å². The predicted octanol–water partition coefficient (Wildman–Crippen LogP) is 1.87. The van der Waals surface area contributed by atoms with Gasteiger partial charge in [0.15, 0.2) is 0 Å². The summed E-state index contributed by atoms with van der Waals surface area (Å²) in [4.78, 5) is 26.8. The van der Waals surface area contributed by atoms with Crippen LogP contribution in [0.4, 0.5) is 5.69 Å². The van der Waals surface area contributed by atoms with Crippen molar-refractivity contribution in [3.05, 3.63) is 42.0 Å². The first kappa shape index (κ1) is 14.4.